The minimum absolute atomic E-state index is 0.00579. The molecule has 0 aliphatic carbocycles. The molecule has 1 aromatic carbocycles. The van der Waals surface area contributed by atoms with Crippen molar-refractivity contribution in [2.75, 3.05) is 0 Å². The van der Waals surface area contributed by atoms with Crippen molar-refractivity contribution in [3.8, 4) is 0 Å². The second-order valence-electron chi connectivity index (χ2n) is 7.96. The van der Waals surface area contributed by atoms with Gasteiger partial charge in [-0.2, -0.15) is 0 Å². The number of benzene rings is 1. The lowest BCUT2D eigenvalue weighted by Gasteiger charge is -2.34. The van der Waals surface area contributed by atoms with Gasteiger partial charge in [0.2, 0.25) is 0 Å². The summed E-state index contributed by atoms with van der Waals surface area (Å²) in [5.41, 5.74) is 5.77. The molecular weight excluding hydrogens is 306 g/mol. The van der Waals surface area contributed by atoms with Gasteiger partial charge < -0.3 is 9.59 Å². The average molecular weight is 338 g/mol. The molecule has 0 saturated carbocycles. The number of hydrogen-bond acceptors (Lipinski definition) is 2. The van der Waals surface area contributed by atoms with Crippen molar-refractivity contribution in [3.63, 3.8) is 0 Å². The smallest absolute Gasteiger partial charge is 0.175 e. The van der Waals surface area contributed by atoms with Crippen LogP contribution < -0.4 is 0 Å². The maximum absolute atomic E-state index is 11.3. The van der Waals surface area contributed by atoms with Gasteiger partial charge in [0, 0.05) is 11.5 Å². The average Bonchev–Trinajstić information content (AvgIpc) is 2.50. The summed E-state index contributed by atoms with van der Waals surface area (Å²) >= 11 is 0. The largest absolute Gasteiger partial charge is 0.312 e. The zero-order valence-electron chi connectivity index (χ0n) is 17.6. The van der Waals surface area contributed by atoms with Crippen molar-refractivity contribution in [1.29, 1.82) is 0 Å². The zero-order chi connectivity index (χ0) is 20.3. The molecular formula is C21H32B2O2. The Morgan fingerprint density at radius 2 is 1.08 bits per heavy atom. The van der Waals surface area contributed by atoms with E-state index in [-0.39, 0.29) is 22.7 Å². The SMILES string of the molecule is [B]C(=O)C(C)C(C)(C)C(C)C.[B]C(=O)c1c(C)c(C)c(C)c(C)c1C. The Morgan fingerprint density at radius 3 is 1.28 bits per heavy atom. The van der Waals surface area contributed by atoms with Gasteiger partial charge in [0.15, 0.2) is 15.7 Å². The maximum Gasteiger partial charge on any atom is 0.175 e. The Labute approximate surface area is 157 Å². The van der Waals surface area contributed by atoms with Crippen LogP contribution in [0.15, 0.2) is 0 Å². The second kappa shape index (κ2) is 8.87. The molecule has 4 heteroatoms. The summed E-state index contributed by atoms with van der Waals surface area (Å²) in [5, 5.41) is 0. The van der Waals surface area contributed by atoms with Gasteiger partial charge in [0.05, 0.1) is 5.68 Å². The molecule has 1 unspecified atom stereocenters. The number of carbonyl (C=O) groups excluding carboxylic acids is 2. The summed E-state index contributed by atoms with van der Waals surface area (Å²) in [6.07, 6.45) is 0. The molecule has 0 fully saturated rings. The van der Waals surface area contributed by atoms with Crippen LogP contribution in [-0.2, 0) is 4.79 Å². The molecule has 0 heterocycles. The van der Waals surface area contributed by atoms with Gasteiger partial charge in [-0.15, -0.1) is 0 Å². The number of carbonyl (C=O) groups is 2. The first-order valence-corrected chi connectivity index (χ1v) is 8.83. The highest BCUT2D eigenvalue weighted by molar-refractivity contribution is 6.62. The predicted molar refractivity (Wildman–Crippen MR) is 109 cm³/mol. The second-order valence-corrected chi connectivity index (χ2v) is 7.96. The van der Waals surface area contributed by atoms with Gasteiger partial charge in [-0.25, -0.2) is 0 Å². The molecule has 0 aliphatic rings. The first-order valence-electron chi connectivity index (χ1n) is 8.83. The standard InChI is InChI=1S/C12H15BO.C9H17BO/c1-6-7(2)9(4)11(12(13)14)10(5)8(6)3;1-6(2)9(4,5)7(3)8(10)11/h1-5H3;6-7H,1-5H3. The van der Waals surface area contributed by atoms with Gasteiger partial charge in [0.1, 0.15) is 5.68 Å². The van der Waals surface area contributed by atoms with E-state index in [1.54, 1.807) is 0 Å². The highest BCUT2D eigenvalue weighted by atomic mass is 16.1. The van der Waals surface area contributed by atoms with Crippen molar-refractivity contribution < 1.29 is 9.59 Å². The predicted octanol–water partition coefficient (Wildman–Crippen LogP) is 4.54. The topological polar surface area (TPSA) is 34.1 Å². The Morgan fingerprint density at radius 1 is 0.760 bits per heavy atom. The minimum atomic E-state index is -0.328. The van der Waals surface area contributed by atoms with Crippen LogP contribution in [0.5, 0.6) is 0 Å². The summed E-state index contributed by atoms with van der Waals surface area (Å²) in [5.74, 6) is 0.424. The quantitative estimate of drug-likeness (QED) is 0.756. The lowest BCUT2D eigenvalue weighted by atomic mass is 9.66. The molecule has 0 aliphatic heterocycles. The Hall–Kier alpha value is -1.31. The summed E-state index contributed by atoms with van der Waals surface area (Å²) in [7, 11) is 10.6. The molecule has 134 valence electrons. The molecule has 0 amide bonds. The number of rotatable bonds is 4. The fourth-order valence-corrected chi connectivity index (χ4v) is 2.74. The molecule has 0 saturated heterocycles. The molecule has 0 N–H and O–H groups in total. The Bertz CT molecular complexity index is 629. The normalized spacial score (nSPS) is 12.4. The Kier molecular flexibility index (Phi) is 8.41. The van der Waals surface area contributed by atoms with Gasteiger partial charge in [0.25, 0.3) is 0 Å². The van der Waals surface area contributed by atoms with Crippen LogP contribution in [0.4, 0.5) is 0 Å². The van der Waals surface area contributed by atoms with Gasteiger partial charge in [-0.05, 0) is 73.8 Å². The van der Waals surface area contributed by atoms with Crippen molar-refractivity contribution in [2.24, 2.45) is 17.3 Å². The lowest BCUT2D eigenvalue weighted by molar-refractivity contribution is -0.118. The van der Waals surface area contributed by atoms with Gasteiger partial charge in [-0.3, -0.25) is 0 Å². The van der Waals surface area contributed by atoms with Crippen molar-refractivity contribution >= 4 is 27.1 Å². The van der Waals surface area contributed by atoms with E-state index in [4.69, 9.17) is 15.7 Å². The van der Waals surface area contributed by atoms with Crippen molar-refractivity contribution in [1.82, 2.24) is 0 Å². The van der Waals surface area contributed by atoms with E-state index in [0.717, 1.165) is 11.1 Å². The summed E-state index contributed by atoms with van der Waals surface area (Å²) < 4.78 is 0. The monoisotopic (exact) mass is 338 g/mol. The van der Waals surface area contributed by atoms with Crippen LogP contribution in [0.3, 0.4) is 0 Å². The van der Waals surface area contributed by atoms with E-state index in [9.17, 15) is 9.59 Å². The van der Waals surface area contributed by atoms with Crippen molar-refractivity contribution in [3.05, 3.63) is 33.4 Å². The highest BCUT2D eigenvalue weighted by Gasteiger charge is 2.31. The third-order valence-corrected chi connectivity index (χ3v) is 6.28. The van der Waals surface area contributed by atoms with Crippen LogP contribution in [-0.4, -0.2) is 27.1 Å². The van der Waals surface area contributed by atoms with E-state index < -0.39 is 0 Å². The fourth-order valence-electron chi connectivity index (χ4n) is 2.74. The van der Waals surface area contributed by atoms with E-state index in [2.05, 4.69) is 34.6 Å². The molecule has 4 radical (unpaired) electrons. The zero-order valence-corrected chi connectivity index (χ0v) is 17.6. The minimum Gasteiger partial charge on any atom is -0.312 e. The van der Waals surface area contributed by atoms with Crippen LogP contribution in [0.2, 0.25) is 0 Å². The molecule has 0 spiro atoms. The molecule has 1 atom stereocenters. The molecule has 0 bridgehead atoms. The third-order valence-electron chi connectivity index (χ3n) is 6.28. The van der Waals surface area contributed by atoms with Crippen LogP contribution in [0.25, 0.3) is 0 Å². The molecule has 1 aromatic rings. The number of hydrogen-bond donors (Lipinski definition) is 0. The Balaban J connectivity index is 0.000000477. The van der Waals surface area contributed by atoms with Crippen LogP contribution >= 0.6 is 0 Å². The van der Waals surface area contributed by atoms with E-state index in [1.165, 1.54) is 16.7 Å². The summed E-state index contributed by atoms with van der Waals surface area (Å²) in [6, 6.07) is 0. The van der Waals surface area contributed by atoms with Crippen LogP contribution in [0, 0.1) is 51.9 Å². The summed E-state index contributed by atoms with van der Waals surface area (Å²) in [6.45, 7) is 20.3. The van der Waals surface area contributed by atoms with Gasteiger partial charge in [-0.1, -0.05) is 34.6 Å². The van der Waals surface area contributed by atoms with Gasteiger partial charge >= 0.3 is 0 Å². The molecule has 2 nitrogen and oxygen atoms in total. The summed E-state index contributed by atoms with van der Waals surface area (Å²) in [4.78, 5) is 22.2. The first-order chi connectivity index (χ1) is 11.2. The molecule has 1 rings (SSSR count). The molecule has 25 heavy (non-hydrogen) atoms. The first kappa shape index (κ1) is 23.7. The van der Waals surface area contributed by atoms with E-state index >= 15 is 0 Å². The third kappa shape index (κ3) is 5.33. The lowest BCUT2D eigenvalue weighted by Crippen LogP contribution is -2.33. The maximum atomic E-state index is 11.3. The van der Waals surface area contributed by atoms with Crippen LogP contribution in [0.1, 0.15) is 72.8 Å². The van der Waals surface area contributed by atoms with E-state index in [1.807, 2.05) is 34.6 Å². The van der Waals surface area contributed by atoms with E-state index in [0.29, 0.717) is 11.5 Å². The molecule has 0 aromatic heterocycles. The van der Waals surface area contributed by atoms with Crippen molar-refractivity contribution in [2.45, 2.75) is 69.2 Å². The highest BCUT2D eigenvalue weighted by Crippen LogP contribution is 2.34. The fraction of sp³-hybridized carbons (Fsp3) is 0.619.